The number of hydrogen-bond donors (Lipinski definition) is 2. The molecular weight excluding hydrogens is 266 g/mol. The fourth-order valence-electron chi connectivity index (χ4n) is 1.84. The quantitative estimate of drug-likeness (QED) is 0.799. The summed E-state index contributed by atoms with van der Waals surface area (Å²) in [6.45, 7) is 1.95. The molecule has 110 valence electrons. The van der Waals surface area contributed by atoms with E-state index in [9.17, 15) is 18.4 Å². The van der Waals surface area contributed by atoms with Crippen molar-refractivity contribution in [2.75, 3.05) is 0 Å². The molecular formula is C14H18F2N2O2. The van der Waals surface area contributed by atoms with Crippen molar-refractivity contribution in [2.45, 2.75) is 38.6 Å². The first-order chi connectivity index (χ1) is 9.42. The molecule has 6 heteroatoms. The molecule has 2 amide bonds. The number of amides is 2. The number of benzene rings is 1. The van der Waals surface area contributed by atoms with Crippen molar-refractivity contribution in [3.8, 4) is 0 Å². The maximum absolute atomic E-state index is 13.0. The number of carbonyl (C=O) groups is 2. The van der Waals surface area contributed by atoms with Crippen LogP contribution in [0.4, 0.5) is 8.78 Å². The lowest BCUT2D eigenvalue weighted by Crippen LogP contribution is -2.44. The Kier molecular flexibility index (Phi) is 6.09. The molecule has 20 heavy (non-hydrogen) atoms. The largest absolute Gasteiger partial charge is 0.368 e. The van der Waals surface area contributed by atoms with Gasteiger partial charge in [0, 0.05) is 6.07 Å². The van der Waals surface area contributed by atoms with Crippen LogP contribution in [-0.4, -0.2) is 17.9 Å². The minimum Gasteiger partial charge on any atom is -0.368 e. The zero-order valence-corrected chi connectivity index (χ0v) is 11.3. The van der Waals surface area contributed by atoms with Gasteiger partial charge in [-0.3, -0.25) is 9.59 Å². The fraction of sp³-hybridized carbons (Fsp3) is 0.429. The third-order valence-electron chi connectivity index (χ3n) is 2.81. The van der Waals surface area contributed by atoms with Crippen LogP contribution in [0.3, 0.4) is 0 Å². The van der Waals surface area contributed by atoms with Crippen molar-refractivity contribution >= 4 is 11.8 Å². The van der Waals surface area contributed by atoms with Gasteiger partial charge in [-0.2, -0.15) is 0 Å². The fourth-order valence-corrected chi connectivity index (χ4v) is 1.84. The number of nitrogens with one attached hydrogen (secondary N) is 1. The van der Waals surface area contributed by atoms with Crippen LogP contribution in [0.15, 0.2) is 18.2 Å². The standard InChI is InChI=1S/C14H18F2N2O2/c1-2-3-4-12(14(17)20)18-13(19)7-9-5-10(15)8-11(16)6-9/h5-6,8,12H,2-4,7H2,1H3,(H2,17,20)(H,18,19)/t12-/m0/s1. The molecule has 0 aliphatic heterocycles. The number of rotatable bonds is 7. The van der Waals surface area contributed by atoms with Crippen LogP contribution in [-0.2, 0) is 16.0 Å². The Morgan fingerprint density at radius 3 is 2.35 bits per heavy atom. The number of primary amides is 1. The topological polar surface area (TPSA) is 72.2 Å². The Hall–Kier alpha value is -1.98. The minimum absolute atomic E-state index is 0.204. The molecule has 0 bridgehead atoms. The highest BCUT2D eigenvalue weighted by Gasteiger charge is 2.17. The van der Waals surface area contributed by atoms with E-state index in [1.54, 1.807) is 0 Å². The molecule has 0 aromatic heterocycles. The molecule has 0 aliphatic rings. The van der Waals surface area contributed by atoms with Crippen LogP contribution in [0.25, 0.3) is 0 Å². The van der Waals surface area contributed by atoms with E-state index in [1.165, 1.54) is 0 Å². The third-order valence-corrected chi connectivity index (χ3v) is 2.81. The van der Waals surface area contributed by atoms with Gasteiger partial charge in [-0.1, -0.05) is 19.8 Å². The van der Waals surface area contributed by atoms with Crippen molar-refractivity contribution in [2.24, 2.45) is 5.73 Å². The van der Waals surface area contributed by atoms with Gasteiger partial charge in [0.15, 0.2) is 0 Å². The van der Waals surface area contributed by atoms with Gasteiger partial charge < -0.3 is 11.1 Å². The maximum Gasteiger partial charge on any atom is 0.239 e. The summed E-state index contributed by atoms with van der Waals surface area (Å²) in [6, 6.07) is 2.14. The number of hydrogen-bond acceptors (Lipinski definition) is 2. The van der Waals surface area contributed by atoms with E-state index in [2.05, 4.69) is 5.32 Å². The van der Waals surface area contributed by atoms with Gasteiger partial charge in [0.25, 0.3) is 0 Å². The zero-order valence-electron chi connectivity index (χ0n) is 11.3. The molecule has 0 heterocycles. The molecule has 0 spiro atoms. The minimum atomic E-state index is -0.749. The van der Waals surface area contributed by atoms with Crippen LogP contribution in [0.1, 0.15) is 31.7 Å². The first-order valence-corrected chi connectivity index (χ1v) is 6.46. The van der Waals surface area contributed by atoms with E-state index in [0.29, 0.717) is 6.42 Å². The number of nitrogens with two attached hydrogens (primary N) is 1. The molecule has 0 radical (unpaired) electrons. The third kappa shape index (κ3) is 5.34. The normalized spacial score (nSPS) is 11.9. The first kappa shape index (κ1) is 16.1. The molecule has 0 fully saturated rings. The molecule has 0 saturated carbocycles. The Labute approximate surface area is 116 Å². The average molecular weight is 284 g/mol. The summed E-state index contributed by atoms with van der Waals surface area (Å²) in [4.78, 5) is 22.9. The lowest BCUT2D eigenvalue weighted by Gasteiger charge is -2.15. The molecule has 1 rings (SSSR count). The van der Waals surface area contributed by atoms with Gasteiger partial charge in [-0.25, -0.2) is 8.78 Å². The smallest absolute Gasteiger partial charge is 0.239 e. The highest BCUT2D eigenvalue weighted by molar-refractivity contribution is 5.87. The summed E-state index contributed by atoms with van der Waals surface area (Å²) in [6.07, 6.45) is 1.87. The Bertz CT molecular complexity index is 472. The van der Waals surface area contributed by atoms with E-state index in [4.69, 9.17) is 5.73 Å². The van der Waals surface area contributed by atoms with Crippen molar-refractivity contribution in [1.82, 2.24) is 5.32 Å². The Balaban J connectivity index is 2.63. The molecule has 1 aromatic carbocycles. The van der Waals surface area contributed by atoms with Crippen LogP contribution in [0.2, 0.25) is 0 Å². The van der Waals surface area contributed by atoms with Crippen molar-refractivity contribution in [1.29, 1.82) is 0 Å². The van der Waals surface area contributed by atoms with E-state index in [1.807, 2.05) is 6.92 Å². The second-order valence-corrected chi connectivity index (χ2v) is 4.62. The van der Waals surface area contributed by atoms with Crippen LogP contribution >= 0.6 is 0 Å². The highest BCUT2D eigenvalue weighted by atomic mass is 19.1. The van der Waals surface area contributed by atoms with Crippen LogP contribution < -0.4 is 11.1 Å². The lowest BCUT2D eigenvalue weighted by molar-refractivity contribution is -0.127. The lowest BCUT2D eigenvalue weighted by atomic mass is 10.1. The summed E-state index contributed by atoms with van der Waals surface area (Å²) >= 11 is 0. The monoisotopic (exact) mass is 284 g/mol. The predicted molar refractivity (Wildman–Crippen MR) is 70.7 cm³/mol. The molecule has 1 atom stereocenters. The van der Waals surface area contributed by atoms with Gasteiger partial charge in [0.2, 0.25) is 11.8 Å². The van der Waals surface area contributed by atoms with Gasteiger partial charge in [-0.05, 0) is 24.1 Å². The molecule has 3 N–H and O–H groups in total. The summed E-state index contributed by atoms with van der Waals surface area (Å²) in [7, 11) is 0. The van der Waals surface area contributed by atoms with E-state index >= 15 is 0 Å². The van der Waals surface area contributed by atoms with Crippen molar-refractivity contribution < 1.29 is 18.4 Å². The van der Waals surface area contributed by atoms with E-state index in [-0.39, 0.29) is 12.0 Å². The summed E-state index contributed by atoms with van der Waals surface area (Å²) in [5, 5.41) is 2.48. The average Bonchev–Trinajstić information content (AvgIpc) is 2.32. The first-order valence-electron chi connectivity index (χ1n) is 6.46. The molecule has 4 nitrogen and oxygen atoms in total. The second-order valence-electron chi connectivity index (χ2n) is 4.62. The number of halogens is 2. The van der Waals surface area contributed by atoms with E-state index in [0.717, 1.165) is 31.0 Å². The summed E-state index contributed by atoms with van der Waals surface area (Å²) in [5.74, 6) is -2.59. The molecule has 0 saturated heterocycles. The maximum atomic E-state index is 13.0. The van der Waals surface area contributed by atoms with Gasteiger partial charge in [-0.15, -0.1) is 0 Å². The molecule has 0 unspecified atom stereocenters. The Morgan fingerprint density at radius 1 is 1.25 bits per heavy atom. The SMILES string of the molecule is CCCC[C@H](NC(=O)Cc1cc(F)cc(F)c1)C(N)=O. The zero-order chi connectivity index (χ0) is 15.1. The molecule has 0 aliphatic carbocycles. The highest BCUT2D eigenvalue weighted by Crippen LogP contribution is 2.09. The van der Waals surface area contributed by atoms with Gasteiger partial charge in [0.05, 0.1) is 6.42 Å². The van der Waals surface area contributed by atoms with Crippen LogP contribution in [0.5, 0.6) is 0 Å². The summed E-state index contributed by atoms with van der Waals surface area (Å²) < 4.78 is 26.0. The Morgan fingerprint density at radius 2 is 1.85 bits per heavy atom. The van der Waals surface area contributed by atoms with Crippen LogP contribution in [0, 0.1) is 11.6 Å². The van der Waals surface area contributed by atoms with E-state index < -0.39 is 29.5 Å². The molecule has 1 aromatic rings. The number of carbonyl (C=O) groups excluding carboxylic acids is 2. The second kappa shape index (κ2) is 7.57. The summed E-state index contributed by atoms with van der Waals surface area (Å²) in [5.41, 5.74) is 5.40. The van der Waals surface area contributed by atoms with Gasteiger partial charge in [0.1, 0.15) is 17.7 Å². The number of unbranched alkanes of at least 4 members (excludes halogenated alkanes) is 1. The van der Waals surface area contributed by atoms with Crippen molar-refractivity contribution in [3.05, 3.63) is 35.4 Å². The predicted octanol–water partition coefficient (Wildman–Crippen LogP) is 1.67. The van der Waals surface area contributed by atoms with Crippen molar-refractivity contribution in [3.63, 3.8) is 0 Å². The van der Waals surface area contributed by atoms with Gasteiger partial charge >= 0.3 is 0 Å².